The maximum Gasteiger partial charge on any atom is 0.258 e. The quantitative estimate of drug-likeness (QED) is 0.841. The van der Waals surface area contributed by atoms with Crippen LogP contribution in [0.1, 0.15) is 25.5 Å². The average Bonchev–Trinajstić information content (AvgIpc) is 2.55. The van der Waals surface area contributed by atoms with Gasteiger partial charge in [0.2, 0.25) is 0 Å². The second kappa shape index (κ2) is 8.29. The summed E-state index contributed by atoms with van der Waals surface area (Å²) in [7, 11) is 0. The van der Waals surface area contributed by atoms with E-state index in [9.17, 15) is 13.6 Å². The van der Waals surface area contributed by atoms with Gasteiger partial charge in [0, 0.05) is 6.07 Å². The summed E-state index contributed by atoms with van der Waals surface area (Å²) in [5, 5.41) is 2.75. The molecule has 1 amide bonds. The van der Waals surface area contributed by atoms with E-state index in [0.717, 1.165) is 23.4 Å². The fourth-order valence-corrected chi connectivity index (χ4v) is 2.12. The van der Waals surface area contributed by atoms with E-state index >= 15 is 0 Å². The van der Waals surface area contributed by atoms with Gasteiger partial charge < -0.3 is 14.8 Å². The number of nitrogens with one attached hydrogen (secondary N) is 1. The molecule has 0 aliphatic rings. The second-order valence-corrected chi connectivity index (χ2v) is 5.15. The van der Waals surface area contributed by atoms with Crippen molar-refractivity contribution in [2.24, 2.45) is 0 Å². The van der Waals surface area contributed by atoms with Gasteiger partial charge in [-0.1, -0.05) is 12.1 Å². The Labute approximate surface area is 139 Å². The first-order valence-corrected chi connectivity index (χ1v) is 7.59. The summed E-state index contributed by atoms with van der Waals surface area (Å²) in [4.78, 5) is 11.9. The number of amides is 1. The van der Waals surface area contributed by atoms with Crippen molar-refractivity contribution in [2.75, 3.05) is 13.2 Å². The molecule has 1 atom stereocenters. The Morgan fingerprint density at radius 3 is 2.46 bits per heavy atom. The van der Waals surface area contributed by atoms with Gasteiger partial charge in [-0.3, -0.25) is 4.79 Å². The number of hydrogen-bond donors (Lipinski definition) is 1. The Hall–Kier alpha value is -2.63. The van der Waals surface area contributed by atoms with Crippen molar-refractivity contribution in [1.29, 1.82) is 0 Å². The number of benzene rings is 2. The minimum absolute atomic E-state index is 0.166. The van der Waals surface area contributed by atoms with Crippen molar-refractivity contribution >= 4 is 5.91 Å². The summed E-state index contributed by atoms with van der Waals surface area (Å²) in [5.41, 5.74) is 0.903. The molecule has 0 saturated heterocycles. The first kappa shape index (κ1) is 17.7. The highest BCUT2D eigenvalue weighted by Crippen LogP contribution is 2.19. The van der Waals surface area contributed by atoms with Gasteiger partial charge in [0.05, 0.1) is 12.6 Å². The SMILES string of the molecule is CCOc1ccc([C@@H](C)NC(=O)COc2ccc(F)cc2F)cc1. The maximum absolute atomic E-state index is 13.4. The molecule has 0 aliphatic heterocycles. The van der Waals surface area contributed by atoms with E-state index in [-0.39, 0.29) is 18.4 Å². The zero-order chi connectivity index (χ0) is 17.5. The molecular formula is C18H19F2NO3. The van der Waals surface area contributed by atoms with Gasteiger partial charge >= 0.3 is 0 Å². The Morgan fingerprint density at radius 2 is 1.83 bits per heavy atom. The predicted octanol–water partition coefficient (Wildman–Crippen LogP) is 3.62. The molecule has 0 bridgehead atoms. The lowest BCUT2D eigenvalue weighted by atomic mass is 10.1. The van der Waals surface area contributed by atoms with Crippen molar-refractivity contribution in [3.05, 3.63) is 59.7 Å². The Kier molecular flexibility index (Phi) is 6.12. The molecule has 0 unspecified atom stereocenters. The highest BCUT2D eigenvalue weighted by Gasteiger charge is 2.12. The molecule has 0 saturated carbocycles. The van der Waals surface area contributed by atoms with Crippen LogP contribution in [-0.4, -0.2) is 19.1 Å². The third-order valence-electron chi connectivity index (χ3n) is 3.32. The molecule has 1 N–H and O–H groups in total. The molecule has 0 spiro atoms. The van der Waals surface area contributed by atoms with Gasteiger partial charge in [-0.05, 0) is 43.7 Å². The molecule has 0 heterocycles. The zero-order valence-electron chi connectivity index (χ0n) is 13.5. The summed E-state index contributed by atoms with van der Waals surface area (Å²) in [6.07, 6.45) is 0. The van der Waals surface area contributed by atoms with E-state index in [1.54, 1.807) is 0 Å². The lowest BCUT2D eigenvalue weighted by Crippen LogP contribution is -2.31. The van der Waals surface area contributed by atoms with Crippen LogP contribution in [0.2, 0.25) is 0 Å². The van der Waals surface area contributed by atoms with E-state index in [0.29, 0.717) is 12.7 Å². The van der Waals surface area contributed by atoms with E-state index in [2.05, 4.69) is 5.32 Å². The molecule has 24 heavy (non-hydrogen) atoms. The van der Waals surface area contributed by atoms with E-state index in [4.69, 9.17) is 9.47 Å². The maximum atomic E-state index is 13.4. The zero-order valence-corrected chi connectivity index (χ0v) is 13.5. The molecule has 0 fully saturated rings. The first-order valence-electron chi connectivity index (χ1n) is 7.59. The van der Waals surface area contributed by atoms with Gasteiger partial charge in [0.25, 0.3) is 5.91 Å². The summed E-state index contributed by atoms with van der Waals surface area (Å²) in [6, 6.07) is 10.0. The van der Waals surface area contributed by atoms with Crippen LogP contribution >= 0.6 is 0 Å². The number of hydrogen-bond acceptors (Lipinski definition) is 3. The second-order valence-electron chi connectivity index (χ2n) is 5.15. The number of carbonyl (C=O) groups is 1. The average molecular weight is 335 g/mol. The smallest absolute Gasteiger partial charge is 0.258 e. The van der Waals surface area contributed by atoms with Crippen LogP contribution in [0, 0.1) is 11.6 Å². The van der Waals surface area contributed by atoms with E-state index < -0.39 is 17.5 Å². The van der Waals surface area contributed by atoms with Gasteiger partial charge in [-0.25, -0.2) is 8.78 Å². The van der Waals surface area contributed by atoms with Gasteiger partial charge in [-0.15, -0.1) is 0 Å². The fraction of sp³-hybridized carbons (Fsp3) is 0.278. The Morgan fingerprint density at radius 1 is 1.12 bits per heavy atom. The monoisotopic (exact) mass is 335 g/mol. The topological polar surface area (TPSA) is 47.6 Å². The van der Waals surface area contributed by atoms with Crippen LogP contribution in [0.3, 0.4) is 0 Å². The highest BCUT2D eigenvalue weighted by molar-refractivity contribution is 5.78. The van der Waals surface area contributed by atoms with Crippen LogP contribution in [0.5, 0.6) is 11.5 Å². The molecule has 4 nitrogen and oxygen atoms in total. The lowest BCUT2D eigenvalue weighted by Gasteiger charge is -2.15. The lowest BCUT2D eigenvalue weighted by molar-refractivity contribution is -0.123. The number of carbonyl (C=O) groups excluding carboxylic acids is 1. The van der Waals surface area contributed by atoms with Gasteiger partial charge in [0.15, 0.2) is 18.2 Å². The molecule has 2 aromatic rings. The molecule has 0 radical (unpaired) electrons. The third kappa shape index (κ3) is 4.94. The minimum atomic E-state index is -0.845. The largest absolute Gasteiger partial charge is 0.494 e. The van der Waals surface area contributed by atoms with E-state index in [1.165, 1.54) is 0 Å². The Bertz CT molecular complexity index is 689. The van der Waals surface area contributed by atoms with Crippen LogP contribution in [0.4, 0.5) is 8.78 Å². The normalized spacial score (nSPS) is 11.7. The molecule has 0 aliphatic carbocycles. The fourth-order valence-electron chi connectivity index (χ4n) is 2.12. The number of halogens is 2. The summed E-state index contributed by atoms with van der Waals surface area (Å²) < 4.78 is 36.6. The third-order valence-corrected chi connectivity index (χ3v) is 3.32. The minimum Gasteiger partial charge on any atom is -0.494 e. The number of ether oxygens (including phenoxy) is 2. The summed E-state index contributed by atoms with van der Waals surface area (Å²) in [5.74, 6) is -1.36. The van der Waals surface area contributed by atoms with Crippen LogP contribution in [0.15, 0.2) is 42.5 Å². The first-order chi connectivity index (χ1) is 11.5. The van der Waals surface area contributed by atoms with Gasteiger partial charge in [-0.2, -0.15) is 0 Å². The predicted molar refractivity (Wildman–Crippen MR) is 86.0 cm³/mol. The molecule has 6 heteroatoms. The van der Waals surface area contributed by atoms with E-state index in [1.807, 2.05) is 38.1 Å². The Balaban J connectivity index is 1.87. The molecule has 0 aromatic heterocycles. The van der Waals surface area contributed by atoms with Crippen molar-refractivity contribution in [1.82, 2.24) is 5.32 Å². The van der Waals surface area contributed by atoms with Crippen molar-refractivity contribution < 1.29 is 23.0 Å². The molecule has 128 valence electrons. The van der Waals surface area contributed by atoms with Crippen molar-refractivity contribution in [3.8, 4) is 11.5 Å². The van der Waals surface area contributed by atoms with Gasteiger partial charge in [0.1, 0.15) is 11.6 Å². The van der Waals surface area contributed by atoms with Crippen LogP contribution in [-0.2, 0) is 4.79 Å². The summed E-state index contributed by atoms with van der Waals surface area (Å²) in [6.45, 7) is 3.96. The van der Waals surface area contributed by atoms with Crippen LogP contribution < -0.4 is 14.8 Å². The highest BCUT2D eigenvalue weighted by atomic mass is 19.1. The van der Waals surface area contributed by atoms with Crippen molar-refractivity contribution in [3.63, 3.8) is 0 Å². The number of rotatable bonds is 7. The molecular weight excluding hydrogens is 316 g/mol. The molecule has 2 aromatic carbocycles. The summed E-state index contributed by atoms with van der Waals surface area (Å²) >= 11 is 0. The van der Waals surface area contributed by atoms with Crippen molar-refractivity contribution in [2.45, 2.75) is 19.9 Å². The van der Waals surface area contributed by atoms with Crippen LogP contribution in [0.25, 0.3) is 0 Å². The molecule has 2 rings (SSSR count). The standard InChI is InChI=1S/C18H19F2NO3/c1-3-23-15-7-4-13(5-8-15)12(2)21-18(22)11-24-17-9-6-14(19)10-16(17)20/h4-10,12H,3,11H2,1-2H3,(H,21,22)/t12-/m1/s1.